The molecule has 0 aliphatic carbocycles. The van der Waals surface area contributed by atoms with E-state index in [1.807, 2.05) is 0 Å². The predicted molar refractivity (Wildman–Crippen MR) is 150 cm³/mol. The van der Waals surface area contributed by atoms with Crippen LogP contribution < -0.4 is 19.5 Å². The van der Waals surface area contributed by atoms with Gasteiger partial charge in [-0.2, -0.15) is 0 Å². The lowest BCUT2D eigenvalue weighted by molar-refractivity contribution is -0.153. The molecule has 1 aliphatic rings. The summed E-state index contributed by atoms with van der Waals surface area (Å²) >= 11 is -2.78. The van der Waals surface area contributed by atoms with Crippen molar-refractivity contribution in [2.75, 3.05) is 31.7 Å². The standard InChI is InChI=1S/C28H32N4O7S/c1-4-39-28(34)23(13-17-5-7-18(8-6-17)26(29)30)31-12-11-22(27(31)33)32(40(35)36)21-10-9-19-15-24(37-2)25(38-3)16-20(19)14-21/h5-10,14-16,22-23H,4,11-13H2,1-3H3,(H3,29,30)(H,35,36)/p-1. The number of hydrogen-bond acceptors (Lipinski definition) is 8. The Bertz CT molecular complexity index is 1450. The molecule has 0 saturated carbocycles. The Kier molecular flexibility index (Phi) is 8.90. The van der Waals surface area contributed by atoms with Gasteiger partial charge >= 0.3 is 5.97 Å². The smallest absolute Gasteiger partial charge is 0.329 e. The summed E-state index contributed by atoms with van der Waals surface area (Å²) < 4.78 is 42.0. The molecule has 3 unspecified atom stereocenters. The van der Waals surface area contributed by atoms with E-state index in [1.54, 1.807) is 61.5 Å². The molecule has 1 amide bonds. The number of benzene rings is 3. The number of ether oxygens (including phenoxy) is 3. The lowest BCUT2D eigenvalue weighted by Crippen LogP contribution is -2.49. The van der Waals surface area contributed by atoms with Crippen LogP contribution in [0.15, 0.2) is 54.6 Å². The van der Waals surface area contributed by atoms with Crippen LogP contribution in [-0.2, 0) is 32.0 Å². The molecule has 1 fully saturated rings. The fourth-order valence-electron chi connectivity index (χ4n) is 4.89. The summed E-state index contributed by atoms with van der Waals surface area (Å²) in [7, 11) is 3.04. The average Bonchev–Trinajstić information content (AvgIpc) is 3.31. The first kappa shape index (κ1) is 28.8. The van der Waals surface area contributed by atoms with E-state index in [9.17, 15) is 18.4 Å². The molecule has 0 bridgehead atoms. The van der Waals surface area contributed by atoms with Crippen molar-refractivity contribution in [2.24, 2.45) is 5.73 Å². The first-order valence-electron chi connectivity index (χ1n) is 12.6. The highest BCUT2D eigenvalue weighted by Gasteiger charge is 2.43. The molecule has 3 aromatic rings. The van der Waals surface area contributed by atoms with E-state index in [-0.39, 0.29) is 31.8 Å². The SMILES string of the molecule is CCOC(=O)C(Cc1ccc(C(=N)N)cc1)N1CCC(N(c2ccc3cc(OC)c(OC)cc3c2)S(=O)[O-])C1=O. The van der Waals surface area contributed by atoms with Crippen molar-refractivity contribution in [2.45, 2.75) is 31.8 Å². The summed E-state index contributed by atoms with van der Waals surface area (Å²) in [5, 5.41) is 9.07. The second-order valence-electron chi connectivity index (χ2n) is 9.20. The maximum absolute atomic E-state index is 13.7. The fraction of sp³-hybridized carbons (Fsp3) is 0.321. The maximum atomic E-state index is 13.7. The average molecular weight is 568 g/mol. The number of amides is 1. The number of carbonyl (C=O) groups is 2. The summed E-state index contributed by atoms with van der Waals surface area (Å²) in [6.07, 6.45) is 0.351. The Hall–Kier alpha value is -4.16. The number of methoxy groups -OCH3 is 2. The van der Waals surface area contributed by atoms with Crippen molar-refractivity contribution in [1.82, 2.24) is 4.90 Å². The number of nitrogen functional groups attached to an aromatic ring is 1. The number of likely N-dealkylation sites (tertiary alicyclic amines) is 1. The van der Waals surface area contributed by atoms with Gasteiger partial charge in [-0.25, -0.2) is 4.79 Å². The number of nitrogens with two attached hydrogens (primary N) is 1. The Labute approximate surface area is 234 Å². The van der Waals surface area contributed by atoms with Crippen molar-refractivity contribution >= 4 is 45.4 Å². The molecule has 1 heterocycles. The largest absolute Gasteiger partial charge is 0.755 e. The summed E-state index contributed by atoms with van der Waals surface area (Å²) in [6.45, 7) is 1.98. The Morgan fingerprint density at radius 2 is 1.77 bits per heavy atom. The molecule has 4 rings (SSSR count). The second kappa shape index (κ2) is 12.3. The molecule has 3 atom stereocenters. The number of anilines is 1. The minimum absolute atomic E-state index is 0.0805. The van der Waals surface area contributed by atoms with Gasteiger partial charge in [0.2, 0.25) is 5.91 Å². The third kappa shape index (κ3) is 5.87. The molecule has 1 aliphatic heterocycles. The quantitative estimate of drug-likeness (QED) is 0.155. The van der Waals surface area contributed by atoms with Crippen LogP contribution >= 0.6 is 0 Å². The van der Waals surface area contributed by atoms with Gasteiger partial charge in [-0.3, -0.25) is 18.7 Å². The molecule has 0 aromatic heterocycles. The van der Waals surface area contributed by atoms with Gasteiger partial charge in [-0.05, 0) is 53.9 Å². The number of fused-ring (bicyclic) bond motifs is 1. The van der Waals surface area contributed by atoms with E-state index < -0.39 is 35.2 Å². The van der Waals surface area contributed by atoms with Gasteiger partial charge in [0.25, 0.3) is 0 Å². The summed E-state index contributed by atoms with van der Waals surface area (Å²) in [6, 6.07) is 13.4. The molecular formula is C28H31N4O7S-. The minimum atomic E-state index is -2.78. The van der Waals surface area contributed by atoms with Crippen LogP contribution in [0.4, 0.5) is 5.69 Å². The van der Waals surface area contributed by atoms with Gasteiger partial charge < -0.3 is 29.4 Å². The van der Waals surface area contributed by atoms with Crippen LogP contribution in [0, 0.1) is 5.41 Å². The lowest BCUT2D eigenvalue weighted by Gasteiger charge is -2.32. The minimum Gasteiger partial charge on any atom is -0.755 e. The zero-order valence-electron chi connectivity index (χ0n) is 22.4. The van der Waals surface area contributed by atoms with Gasteiger partial charge in [-0.1, -0.05) is 30.3 Å². The molecule has 3 aromatic carbocycles. The molecule has 3 N–H and O–H groups in total. The van der Waals surface area contributed by atoms with Crippen molar-refractivity contribution in [3.05, 3.63) is 65.7 Å². The first-order valence-corrected chi connectivity index (χ1v) is 13.7. The fourth-order valence-corrected chi connectivity index (χ4v) is 5.57. The second-order valence-corrected chi connectivity index (χ2v) is 10.0. The van der Waals surface area contributed by atoms with E-state index in [4.69, 9.17) is 25.4 Å². The first-order chi connectivity index (χ1) is 19.2. The Morgan fingerprint density at radius 3 is 2.35 bits per heavy atom. The number of nitrogens with one attached hydrogen (secondary N) is 1. The summed E-state index contributed by atoms with van der Waals surface area (Å²) in [4.78, 5) is 28.0. The normalized spacial score (nSPS) is 16.4. The van der Waals surface area contributed by atoms with E-state index in [0.717, 1.165) is 15.3 Å². The molecule has 40 heavy (non-hydrogen) atoms. The van der Waals surface area contributed by atoms with Gasteiger partial charge in [0.05, 0.1) is 20.8 Å². The zero-order valence-corrected chi connectivity index (χ0v) is 23.2. The molecule has 0 radical (unpaired) electrons. The van der Waals surface area contributed by atoms with Crippen LogP contribution in [0.2, 0.25) is 0 Å². The number of carbonyl (C=O) groups excluding carboxylic acids is 2. The topological polar surface area (TPSA) is 158 Å². The third-order valence-corrected chi connectivity index (χ3v) is 7.65. The Balaban J connectivity index is 1.63. The van der Waals surface area contributed by atoms with Crippen LogP contribution in [0.3, 0.4) is 0 Å². The third-order valence-electron chi connectivity index (χ3n) is 6.86. The van der Waals surface area contributed by atoms with Crippen LogP contribution in [0.5, 0.6) is 11.5 Å². The van der Waals surface area contributed by atoms with Gasteiger partial charge in [0.1, 0.15) is 17.9 Å². The number of rotatable bonds is 11. The van der Waals surface area contributed by atoms with Crippen molar-refractivity contribution in [3.8, 4) is 11.5 Å². The molecule has 12 heteroatoms. The van der Waals surface area contributed by atoms with E-state index in [2.05, 4.69) is 0 Å². The summed E-state index contributed by atoms with van der Waals surface area (Å²) in [5.41, 5.74) is 7.11. The monoisotopic (exact) mass is 567 g/mol. The van der Waals surface area contributed by atoms with Gasteiger partial charge in [-0.15, -0.1) is 0 Å². The van der Waals surface area contributed by atoms with Crippen LogP contribution in [0.1, 0.15) is 24.5 Å². The summed E-state index contributed by atoms with van der Waals surface area (Å²) in [5.74, 6) is -0.125. The number of hydrogen-bond donors (Lipinski definition) is 2. The van der Waals surface area contributed by atoms with Crippen LogP contribution in [0.25, 0.3) is 10.8 Å². The van der Waals surface area contributed by atoms with Crippen molar-refractivity contribution in [1.29, 1.82) is 5.41 Å². The zero-order chi connectivity index (χ0) is 29.0. The molecule has 11 nitrogen and oxygen atoms in total. The lowest BCUT2D eigenvalue weighted by atomic mass is 10.0. The highest BCUT2D eigenvalue weighted by atomic mass is 32.2. The van der Waals surface area contributed by atoms with Gasteiger partial charge in [0, 0.05) is 35.5 Å². The highest BCUT2D eigenvalue weighted by Crippen LogP contribution is 2.35. The maximum Gasteiger partial charge on any atom is 0.329 e. The van der Waals surface area contributed by atoms with Crippen molar-refractivity contribution in [3.63, 3.8) is 0 Å². The molecule has 212 valence electrons. The van der Waals surface area contributed by atoms with Crippen LogP contribution in [-0.4, -0.2) is 70.8 Å². The number of amidine groups is 1. The Morgan fingerprint density at radius 1 is 1.12 bits per heavy atom. The molecule has 0 spiro atoms. The van der Waals surface area contributed by atoms with Gasteiger partial charge in [0.15, 0.2) is 11.5 Å². The van der Waals surface area contributed by atoms with E-state index >= 15 is 0 Å². The number of esters is 1. The molecular weight excluding hydrogens is 536 g/mol. The van der Waals surface area contributed by atoms with E-state index in [0.29, 0.717) is 28.1 Å². The molecule has 1 saturated heterocycles. The predicted octanol–water partition coefficient (Wildman–Crippen LogP) is 2.52. The highest BCUT2D eigenvalue weighted by molar-refractivity contribution is 7.80. The number of nitrogens with zero attached hydrogens (tertiary/aromatic N) is 2. The van der Waals surface area contributed by atoms with Crippen molar-refractivity contribution < 1.29 is 32.6 Å². The van der Waals surface area contributed by atoms with E-state index in [1.165, 1.54) is 19.1 Å².